The minimum absolute atomic E-state index is 0. The standard InChI is InChI=1S/C13H15NO5S.2C2H6.Ar/c1-8(12-11(15)5-6-19-13(12)16)9-3-2-4-10(7-9)14-20(17)18;2*1-2;/h2-4,7-8,14-15H,5-6H2,1H3,(H,17,18);2*1-2H3;/p-1. The van der Waals surface area contributed by atoms with Crippen molar-refractivity contribution in [3.05, 3.63) is 41.2 Å². The fraction of sp³-hybridized carbons (Fsp3) is 0.471. The van der Waals surface area contributed by atoms with Gasteiger partial charge in [0, 0.05) is 67.0 Å². The van der Waals surface area contributed by atoms with E-state index < -0.39 is 17.2 Å². The summed E-state index contributed by atoms with van der Waals surface area (Å²) in [5.41, 5.74) is 1.32. The zero-order chi connectivity index (χ0) is 18.7. The van der Waals surface area contributed by atoms with Gasteiger partial charge in [0.25, 0.3) is 0 Å². The van der Waals surface area contributed by atoms with Crippen molar-refractivity contribution in [1.82, 2.24) is 0 Å². The summed E-state index contributed by atoms with van der Waals surface area (Å²) in [5.74, 6) is -0.892. The fourth-order valence-corrected chi connectivity index (χ4v) is 2.45. The van der Waals surface area contributed by atoms with Crippen LogP contribution in [0.1, 0.15) is 52.5 Å². The van der Waals surface area contributed by atoms with E-state index in [1.54, 1.807) is 31.2 Å². The third kappa shape index (κ3) is 8.55. The Bertz CT molecular complexity index is 592. The molecule has 0 radical (unpaired) electrons. The van der Waals surface area contributed by atoms with Gasteiger partial charge in [0.15, 0.2) is 0 Å². The van der Waals surface area contributed by atoms with E-state index in [0.717, 1.165) is 0 Å². The first-order valence-corrected chi connectivity index (χ1v) is 9.11. The van der Waals surface area contributed by atoms with Gasteiger partial charge < -0.3 is 19.1 Å². The average Bonchev–Trinajstić information content (AvgIpc) is 2.58. The van der Waals surface area contributed by atoms with Crippen molar-refractivity contribution in [3.63, 3.8) is 0 Å². The fourth-order valence-electron chi connectivity index (χ4n) is 2.13. The minimum Gasteiger partial charge on any atom is -0.755 e. The topological polar surface area (TPSA) is 98.7 Å². The molecular weight excluding hydrogens is 370 g/mol. The molecule has 0 bridgehead atoms. The molecule has 2 atom stereocenters. The zero-order valence-corrected chi connectivity index (χ0v) is 16.7. The van der Waals surface area contributed by atoms with Crippen LogP contribution in [0.15, 0.2) is 35.6 Å². The number of hydrogen-bond acceptors (Lipinski definition) is 5. The molecule has 2 N–H and O–H groups in total. The average molecular weight is 396 g/mol. The van der Waals surface area contributed by atoms with Crippen molar-refractivity contribution in [2.24, 2.45) is 0 Å². The molecule has 8 heteroatoms. The number of rotatable bonds is 4. The third-order valence-electron chi connectivity index (χ3n) is 3.12. The summed E-state index contributed by atoms with van der Waals surface area (Å²) in [5, 5.41) is 9.85. The normalized spacial score (nSPS) is 15.2. The molecule has 0 amide bonds. The van der Waals surface area contributed by atoms with E-state index in [1.807, 2.05) is 27.7 Å². The molecule has 1 aromatic carbocycles. The number of nitrogens with one attached hydrogen (secondary N) is 1. The number of aliphatic hydroxyl groups excluding tert-OH is 1. The molecule has 0 saturated carbocycles. The van der Waals surface area contributed by atoms with E-state index in [9.17, 15) is 18.7 Å². The molecule has 6 nitrogen and oxygen atoms in total. The molecule has 1 aromatic rings. The van der Waals surface area contributed by atoms with E-state index in [4.69, 9.17) is 4.74 Å². The van der Waals surface area contributed by atoms with Gasteiger partial charge in [-0.05, 0) is 17.7 Å². The van der Waals surface area contributed by atoms with Crippen LogP contribution in [-0.4, -0.2) is 26.4 Å². The second kappa shape index (κ2) is 14.6. The molecule has 2 unspecified atom stereocenters. The van der Waals surface area contributed by atoms with E-state index in [1.165, 1.54) is 0 Å². The molecule has 25 heavy (non-hydrogen) atoms. The molecule has 144 valence electrons. The first-order valence-electron chi connectivity index (χ1n) is 8.04. The number of ether oxygens (including phenoxy) is 1. The van der Waals surface area contributed by atoms with Crippen molar-refractivity contribution in [2.45, 2.75) is 47.0 Å². The summed E-state index contributed by atoms with van der Waals surface area (Å²) in [7, 11) is 0. The minimum atomic E-state index is -2.41. The number of anilines is 1. The number of carbonyl (C=O) groups excluding carboxylic acids is 1. The maximum absolute atomic E-state index is 11.7. The Morgan fingerprint density at radius 2 is 1.88 bits per heavy atom. The van der Waals surface area contributed by atoms with Crippen LogP contribution in [0.5, 0.6) is 0 Å². The maximum Gasteiger partial charge on any atom is 0.338 e. The van der Waals surface area contributed by atoms with E-state index in [0.29, 0.717) is 17.7 Å². The van der Waals surface area contributed by atoms with Crippen LogP contribution in [0.2, 0.25) is 0 Å². The smallest absolute Gasteiger partial charge is 0.338 e. The molecular formula is C17H26ArNO5S-. The SMILES string of the molecule is CC.CC.CC(C1=C(O)CCOC1=O)c1cccc(NS(=O)[O-])c1.[Ar]. The number of hydrogen-bond donors (Lipinski definition) is 2. The quantitative estimate of drug-likeness (QED) is 0.596. The Labute approximate surface area is 182 Å². The van der Waals surface area contributed by atoms with E-state index >= 15 is 0 Å². The second-order valence-electron chi connectivity index (χ2n) is 4.43. The Morgan fingerprint density at radius 1 is 1.28 bits per heavy atom. The largest absolute Gasteiger partial charge is 0.755 e. The van der Waals surface area contributed by atoms with Gasteiger partial charge in [0.1, 0.15) is 5.76 Å². The van der Waals surface area contributed by atoms with Gasteiger partial charge in [-0.25, -0.2) is 4.79 Å². The first-order chi connectivity index (χ1) is 11.5. The number of carbonyl (C=O) groups is 1. The third-order valence-corrected chi connectivity index (χ3v) is 3.53. The Morgan fingerprint density at radius 3 is 2.40 bits per heavy atom. The molecule has 0 aliphatic carbocycles. The molecule has 1 aliphatic heterocycles. The van der Waals surface area contributed by atoms with Crippen molar-refractivity contribution >= 4 is 22.9 Å². The van der Waals surface area contributed by atoms with Crippen molar-refractivity contribution in [3.8, 4) is 0 Å². The number of benzene rings is 1. The first kappa shape index (κ1) is 26.6. The van der Waals surface area contributed by atoms with Crippen LogP contribution in [0, 0.1) is 37.7 Å². The molecule has 1 heterocycles. The molecule has 0 fully saturated rings. The van der Waals surface area contributed by atoms with Crippen LogP contribution in [0.3, 0.4) is 0 Å². The number of aliphatic hydroxyl groups is 1. The van der Waals surface area contributed by atoms with Gasteiger partial charge in [0.2, 0.25) is 0 Å². The summed E-state index contributed by atoms with van der Waals surface area (Å²) in [6.45, 7) is 9.93. The van der Waals surface area contributed by atoms with Crippen molar-refractivity contribution in [1.29, 1.82) is 0 Å². The zero-order valence-electron chi connectivity index (χ0n) is 15.1. The summed E-state index contributed by atoms with van der Waals surface area (Å²) in [6, 6.07) is 6.64. The summed E-state index contributed by atoms with van der Waals surface area (Å²) < 4.78 is 28.4. The Hall–Kier alpha value is -0.600. The predicted octanol–water partition coefficient (Wildman–Crippen LogP) is 3.81. The number of cyclic esters (lactones) is 1. The van der Waals surface area contributed by atoms with Gasteiger partial charge in [-0.2, -0.15) is 0 Å². The Balaban J connectivity index is 0. The van der Waals surface area contributed by atoms with Crippen molar-refractivity contribution in [2.75, 3.05) is 11.3 Å². The van der Waals surface area contributed by atoms with Crippen LogP contribution in [-0.2, 0) is 20.8 Å². The summed E-state index contributed by atoms with van der Waals surface area (Å²) >= 11 is -2.41. The van der Waals surface area contributed by atoms with Gasteiger partial charge in [-0.15, -0.1) is 0 Å². The monoisotopic (exact) mass is 396 g/mol. The Kier molecular flexibility index (Phi) is 15.5. The number of esters is 1. The maximum atomic E-state index is 11.7. The molecule has 0 saturated heterocycles. The molecule has 1 aliphatic rings. The summed E-state index contributed by atoms with van der Waals surface area (Å²) in [6.07, 6.45) is 0.300. The van der Waals surface area contributed by atoms with Crippen LogP contribution >= 0.6 is 0 Å². The predicted molar refractivity (Wildman–Crippen MR) is 95.3 cm³/mol. The van der Waals surface area contributed by atoms with Crippen LogP contribution < -0.4 is 4.72 Å². The van der Waals surface area contributed by atoms with Gasteiger partial charge in [-0.3, -0.25) is 4.21 Å². The van der Waals surface area contributed by atoms with Crippen LogP contribution in [0.25, 0.3) is 0 Å². The van der Waals surface area contributed by atoms with Gasteiger partial charge in [0.05, 0.1) is 12.2 Å². The van der Waals surface area contributed by atoms with Crippen molar-refractivity contribution < 1.29 is 61.1 Å². The van der Waals surface area contributed by atoms with Crippen LogP contribution in [0.4, 0.5) is 5.69 Å². The van der Waals surface area contributed by atoms with E-state index in [2.05, 4.69) is 4.72 Å². The van der Waals surface area contributed by atoms with E-state index in [-0.39, 0.29) is 61.6 Å². The second-order valence-corrected chi connectivity index (χ2v) is 5.10. The molecule has 0 aromatic heterocycles. The summed E-state index contributed by atoms with van der Waals surface area (Å²) in [4.78, 5) is 11.7. The van der Waals surface area contributed by atoms with Gasteiger partial charge in [-0.1, -0.05) is 46.8 Å². The van der Waals surface area contributed by atoms with Gasteiger partial charge >= 0.3 is 5.97 Å². The molecule has 0 spiro atoms. The molecule has 2 rings (SSSR count).